The second kappa shape index (κ2) is 6.71. The second-order valence-electron chi connectivity index (χ2n) is 4.87. The fourth-order valence-electron chi connectivity index (χ4n) is 2.18. The Labute approximate surface area is 146 Å². The Bertz CT molecular complexity index is 894. The van der Waals surface area contributed by atoms with Crippen LogP contribution in [-0.2, 0) is 0 Å². The van der Waals surface area contributed by atoms with E-state index in [2.05, 4.69) is 31.6 Å². The first-order chi connectivity index (χ1) is 11.6. The summed E-state index contributed by atoms with van der Waals surface area (Å²) in [5.74, 6) is 0.238. The van der Waals surface area contributed by atoms with E-state index in [1.54, 1.807) is 18.2 Å². The number of benzene rings is 2. The smallest absolute Gasteiger partial charge is 0.280 e. The van der Waals surface area contributed by atoms with Crippen LogP contribution >= 0.6 is 15.9 Å². The van der Waals surface area contributed by atoms with Gasteiger partial charge in [0.1, 0.15) is 5.75 Å². The van der Waals surface area contributed by atoms with Crippen molar-refractivity contribution in [2.45, 2.75) is 0 Å². The summed E-state index contributed by atoms with van der Waals surface area (Å²) in [6.45, 7) is 0. The summed E-state index contributed by atoms with van der Waals surface area (Å²) < 4.78 is 7.48. The molecule has 2 aromatic carbocycles. The molecular weight excluding hydrogens is 374 g/mol. The number of carbonyl (C=O) groups excluding carboxylic acids is 1. The highest BCUT2D eigenvalue weighted by Gasteiger charge is 2.19. The van der Waals surface area contributed by atoms with E-state index in [0.717, 1.165) is 4.47 Å². The summed E-state index contributed by atoms with van der Waals surface area (Å²) in [6, 6.07) is 14.4. The molecule has 7 nitrogen and oxygen atoms in total. The van der Waals surface area contributed by atoms with Gasteiger partial charge in [-0.3, -0.25) is 4.79 Å². The van der Waals surface area contributed by atoms with Gasteiger partial charge < -0.3 is 15.8 Å². The van der Waals surface area contributed by atoms with Gasteiger partial charge in [-0.2, -0.15) is 4.68 Å². The topological polar surface area (TPSA) is 95.1 Å². The van der Waals surface area contributed by atoms with Crippen molar-refractivity contribution < 1.29 is 9.53 Å². The van der Waals surface area contributed by atoms with Crippen molar-refractivity contribution in [2.24, 2.45) is 0 Å². The summed E-state index contributed by atoms with van der Waals surface area (Å²) in [5.41, 5.74) is 7.31. The van der Waals surface area contributed by atoms with Crippen molar-refractivity contribution in [3.05, 3.63) is 58.7 Å². The van der Waals surface area contributed by atoms with Crippen LogP contribution in [0.3, 0.4) is 0 Å². The number of ether oxygens (including phenoxy) is 1. The number of nitrogen functional groups attached to an aromatic ring is 1. The minimum atomic E-state index is -0.460. The number of nitrogens with two attached hydrogens (primary N) is 1. The monoisotopic (exact) mass is 387 g/mol. The van der Waals surface area contributed by atoms with Gasteiger partial charge in [0.15, 0.2) is 11.5 Å². The minimum Gasteiger partial charge on any atom is -0.495 e. The molecule has 1 heterocycles. The summed E-state index contributed by atoms with van der Waals surface area (Å²) >= 11 is 3.38. The van der Waals surface area contributed by atoms with Crippen LogP contribution in [0.1, 0.15) is 10.5 Å². The van der Waals surface area contributed by atoms with Gasteiger partial charge in [-0.25, -0.2) is 0 Å². The molecule has 1 amide bonds. The maximum Gasteiger partial charge on any atom is 0.280 e. The zero-order valence-electron chi connectivity index (χ0n) is 12.7. The first kappa shape index (κ1) is 16.0. The van der Waals surface area contributed by atoms with Crippen molar-refractivity contribution in [3.63, 3.8) is 0 Å². The molecule has 0 radical (unpaired) electrons. The molecular formula is C16H14BrN5O2. The fraction of sp³-hybridized carbons (Fsp3) is 0.0625. The van der Waals surface area contributed by atoms with Gasteiger partial charge in [0.2, 0.25) is 0 Å². The number of para-hydroxylation sites is 2. The van der Waals surface area contributed by atoms with Crippen molar-refractivity contribution in [1.29, 1.82) is 0 Å². The van der Waals surface area contributed by atoms with Crippen LogP contribution in [0.25, 0.3) is 5.69 Å². The molecule has 24 heavy (non-hydrogen) atoms. The summed E-state index contributed by atoms with van der Waals surface area (Å²) in [5, 5.41) is 10.6. The van der Waals surface area contributed by atoms with E-state index in [0.29, 0.717) is 17.1 Å². The Morgan fingerprint density at radius 3 is 2.79 bits per heavy atom. The third-order valence-electron chi connectivity index (χ3n) is 3.33. The highest BCUT2D eigenvalue weighted by atomic mass is 79.9. The van der Waals surface area contributed by atoms with Gasteiger partial charge in [0.25, 0.3) is 5.91 Å². The number of methoxy groups -OCH3 is 1. The highest BCUT2D eigenvalue weighted by molar-refractivity contribution is 9.10. The lowest BCUT2D eigenvalue weighted by molar-refractivity contribution is 0.102. The van der Waals surface area contributed by atoms with Crippen LogP contribution in [0.5, 0.6) is 5.75 Å². The second-order valence-corrected chi connectivity index (χ2v) is 5.79. The van der Waals surface area contributed by atoms with Crippen LogP contribution in [0.4, 0.5) is 11.5 Å². The van der Waals surface area contributed by atoms with Crippen molar-refractivity contribution in [3.8, 4) is 11.4 Å². The lowest BCUT2D eigenvalue weighted by Gasteiger charge is -2.09. The van der Waals surface area contributed by atoms with E-state index < -0.39 is 5.91 Å². The van der Waals surface area contributed by atoms with E-state index >= 15 is 0 Å². The van der Waals surface area contributed by atoms with Crippen LogP contribution in [0, 0.1) is 0 Å². The molecule has 0 atom stereocenters. The molecule has 0 aliphatic heterocycles. The van der Waals surface area contributed by atoms with Gasteiger partial charge in [0.05, 0.1) is 18.5 Å². The fourth-order valence-corrected chi connectivity index (χ4v) is 2.57. The number of hydrogen-bond acceptors (Lipinski definition) is 5. The first-order valence-corrected chi connectivity index (χ1v) is 7.81. The molecule has 8 heteroatoms. The molecule has 3 aromatic rings. The molecule has 0 aliphatic rings. The average Bonchev–Trinajstić information content (AvgIpc) is 2.97. The Balaban J connectivity index is 1.89. The zero-order valence-corrected chi connectivity index (χ0v) is 14.3. The van der Waals surface area contributed by atoms with E-state index in [1.807, 2.05) is 30.3 Å². The molecule has 0 bridgehead atoms. The third-order valence-corrected chi connectivity index (χ3v) is 3.82. The lowest BCUT2D eigenvalue weighted by Crippen LogP contribution is -2.15. The molecule has 1 aromatic heterocycles. The van der Waals surface area contributed by atoms with Gasteiger partial charge in [0, 0.05) is 4.47 Å². The number of carbonyl (C=O) groups is 1. The first-order valence-electron chi connectivity index (χ1n) is 7.01. The highest BCUT2D eigenvalue weighted by Crippen LogP contribution is 2.25. The van der Waals surface area contributed by atoms with Crippen LogP contribution in [0.15, 0.2) is 53.0 Å². The van der Waals surface area contributed by atoms with E-state index in [4.69, 9.17) is 10.5 Å². The molecule has 0 saturated heterocycles. The van der Waals surface area contributed by atoms with E-state index in [9.17, 15) is 4.79 Å². The minimum absolute atomic E-state index is 0.0425. The summed E-state index contributed by atoms with van der Waals surface area (Å²) in [4.78, 5) is 12.4. The molecule has 0 spiro atoms. The lowest BCUT2D eigenvalue weighted by atomic mass is 10.2. The molecule has 122 valence electrons. The third kappa shape index (κ3) is 3.09. The summed E-state index contributed by atoms with van der Waals surface area (Å²) in [6.07, 6.45) is 0. The van der Waals surface area contributed by atoms with Crippen molar-refractivity contribution >= 4 is 33.3 Å². The molecule has 0 unspecified atom stereocenters. The maximum absolute atomic E-state index is 12.4. The molecule has 3 rings (SSSR count). The molecule has 3 N–H and O–H groups in total. The predicted octanol–water partition coefficient (Wildman–Crippen LogP) is 2.87. The Morgan fingerprint density at radius 1 is 1.25 bits per heavy atom. The zero-order chi connectivity index (χ0) is 17.1. The normalized spacial score (nSPS) is 10.4. The standard InChI is InChI=1S/C16H14BrN5O2/c1-24-13-8-3-2-7-12(13)19-16(23)14-15(18)22(21-20-14)11-6-4-5-10(17)9-11/h2-9H,18H2,1H3,(H,19,23). The Kier molecular flexibility index (Phi) is 4.48. The van der Waals surface area contributed by atoms with Crippen LogP contribution in [0.2, 0.25) is 0 Å². The van der Waals surface area contributed by atoms with E-state index in [-0.39, 0.29) is 11.5 Å². The SMILES string of the molecule is COc1ccccc1NC(=O)c1nnn(-c2cccc(Br)c2)c1N. The average molecular weight is 388 g/mol. The van der Waals surface area contributed by atoms with Crippen molar-refractivity contribution in [2.75, 3.05) is 18.2 Å². The number of amides is 1. The maximum atomic E-state index is 12.4. The van der Waals surface area contributed by atoms with E-state index in [1.165, 1.54) is 11.8 Å². The van der Waals surface area contributed by atoms with Gasteiger partial charge in [-0.15, -0.1) is 5.10 Å². The van der Waals surface area contributed by atoms with Gasteiger partial charge >= 0.3 is 0 Å². The molecule has 0 fully saturated rings. The van der Waals surface area contributed by atoms with Crippen LogP contribution in [-0.4, -0.2) is 28.0 Å². The Morgan fingerprint density at radius 2 is 2.04 bits per heavy atom. The largest absolute Gasteiger partial charge is 0.495 e. The quantitative estimate of drug-likeness (QED) is 0.717. The number of hydrogen-bond donors (Lipinski definition) is 2. The summed E-state index contributed by atoms with van der Waals surface area (Å²) in [7, 11) is 1.53. The number of aromatic nitrogens is 3. The predicted molar refractivity (Wildman–Crippen MR) is 94.4 cm³/mol. The molecule has 0 saturated carbocycles. The van der Waals surface area contributed by atoms with Crippen molar-refractivity contribution in [1.82, 2.24) is 15.0 Å². The number of rotatable bonds is 4. The molecule has 0 aliphatic carbocycles. The Hall–Kier alpha value is -2.87. The number of anilines is 2. The number of nitrogens with one attached hydrogen (secondary N) is 1. The van der Waals surface area contributed by atoms with Crippen LogP contribution < -0.4 is 15.8 Å². The van der Waals surface area contributed by atoms with Gasteiger partial charge in [-0.1, -0.05) is 39.3 Å². The van der Waals surface area contributed by atoms with Gasteiger partial charge in [-0.05, 0) is 30.3 Å². The number of nitrogens with zero attached hydrogens (tertiary/aromatic N) is 3. The number of halogens is 1.